The van der Waals surface area contributed by atoms with Crippen molar-refractivity contribution in [3.05, 3.63) is 84.9 Å². The molecule has 0 spiro atoms. The lowest BCUT2D eigenvalue weighted by Crippen LogP contribution is -2.15. The number of halogens is 1. The zero-order chi connectivity index (χ0) is 24.5. The van der Waals surface area contributed by atoms with E-state index in [-0.39, 0.29) is 12.4 Å². The zero-order valence-corrected chi connectivity index (χ0v) is 21.4. The number of ether oxygens (including phenoxy) is 2. The van der Waals surface area contributed by atoms with Gasteiger partial charge in [0.05, 0.1) is 47.7 Å². The van der Waals surface area contributed by atoms with Crippen LogP contribution in [0.2, 0.25) is 0 Å². The second-order valence-electron chi connectivity index (χ2n) is 8.63. The minimum atomic E-state index is 0. The van der Waals surface area contributed by atoms with Crippen molar-refractivity contribution in [1.29, 1.82) is 0 Å². The summed E-state index contributed by atoms with van der Waals surface area (Å²) >= 11 is 0. The normalized spacial score (nSPS) is 11.0. The Morgan fingerprint density at radius 3 is 1.38 bits per heavy atom. The van der Waals surface area contributed by atoms with E-state index in [0.717, 1.165) is 79.6 Å². The van der Waals surface area contributed by atoms with Gasteiger partial charge in [0, 0.05) is 46.8 Å². The van der Waals surface area contributed by atoms with Crippen LogP contribution in [-0.2, 0) is 0 Å². The zero-order valence-electron chi connectivity index (χ0n) is 20.6. The third-order valence-corrected chi connectivity index (χ3v) is 6.51. The standard InChI is InChI=1S/C30H26N4O2.ClH/c1-35-19-11-13-23-27(17-19)33-25-9-5-3-7-21(25)29(23)31-15-16-32-30-22-8-4-6-10-26(22)34-28-18-20(36-2)12-14-24(28)30;/h3-14,17-18H,15-16H2,1-2H3,(H,31,33)(H,32,34);1H. The minimum absolute atomic E-state index is 0. The maximum atomic E-state index is 5.42. The van der Waals surface area contributed by atoms with Gasteiger partial charge in [0.25, 0.3) is 0 Å². The van der Waals surface area contributed by atoms with Crippen molar-refractivity contribution < 1.29 is 9.47 Å². The highest BCUT2D eigenvalue weighted by Crippen LogP contribution is 2.34. The molecule has 6 aromatic rings. The molecule has 0 aliphatic carbocycles. The minimum Gasteiger partial charge on any atom is -0.497 e. The molecule has 0 aliphatic rings. The first-order valence-electron chi connectivity index (χ1n) is 12.0. The third-order valence-electron chi connectivity index (χ3n) is 6.51. The summed E-state index contributed by atoms with van der Waals surface area (Å²) in [6.45, 7) is 1.45. The lowest BCUT2D eigenvalue weighted by atomic mass is 10.1. The van der Waals surface area contributed by atoms with Crippen molar-refractivity contribution >= 4 is 67.4 Å². The fourth-order valence-electron chi connectivity index (χ4n) is 4.76. The SMILES string of the molecule is COc1ccc2c(NCCNc3c4ccccc4nc4cc(OC)ccc34)c3ccccc3nc2c1.Cl. The van der Waals surface area contributed by atoms with Crippen LogP contribution in [0.25, 0.3) is 43.6 Å². The maximum Gasteiger partial charge on any atom is 0.121 e. The predicted octanol–water partition coefficient (Wildman–Crippen LogP) is 7.05. The maximum absolute atomic E-state index is 5.42. The molecular formula is C30H27ClN4O2. The number of pyridine rings is 2. The van der Waals surface area contributed by atoms with Gasteiger partial charge in [-0.1, -0.05) is 36.4 Å². The van der Waals surface area contributed by atoms with Crippen molar-refractivity contribution in [2.24, 2.45) is 0 Å². The second kappa shape index (κ2) is 10.4. The molecule has 186 valence electrons. The number of rotatable bonds is 7. The van der Waals surface area contributed by atoms with E-state index in [1.807, 2.05) is 60.7 Å². The van der Waals surface area contributed by atoms with E-state index in [1.165, 1.54) is 0 Å². The molecule has 6 nitrogen and oxygen atoms in total. The molecule has 0 atom stereocenters. The van der Waals surface area contributed by atoms with Gasteiger partial charge in [-0.2, -0.15) is 0 Å². The van der Waals surface area contributed by atoms with E-state index in [1.54, 1.807) is 14.2 Å². The summed E-state index contributed by atoms with van der Waals surface area (Å²) in [7, 11) is 3.35. The number of hydrogen-bond acceptors (Lipinski definition) is 6. The number of fused-ring (bicyclic) bond motifs is 4. The lowest BCUT2D eigenvalue weighted by molar-refractivity contribution is 0.415. The van der Waals surface area contributed by atoms with E-state index in [0.29, 0.717) is 0 Å². The fourth-order valence-corrected chi connectivity index (χ4v) is 4.76. The topological polar surface area (TPSA) is 68.3 Å². The summed E-state index contributed by atoms with van der Waals surface area (Å²) in [6.07, 6.45) is 0. The van der Waals surface area contributed by atoms with Gasteiger partial charge >= 0.3 is 0 Å². The van der Waals surface area contributed by atoms with Gasteiger partial charge < -0.3 is 20.1 Å². The number of hydrogen-bond donors (Lipinski definition) is 2. The molecule has 0 bridgehead atoms. The monoisotopic (exact) mass is 510 g/mol. The highest BCUT2D eigenvalue weighted by molar-refractivity contribution is 6.09. The number of para-hydroxylation sites is 2. The lowest BCUT2D eigenvalue weighted by Gasteiger charge is -2.16. The molecule has 2 aromatic heterocycles. The van der Waals surface area contributed by atoms with Gasteiger partial charge in [-0.3, -0.25) is 0 Å². The average molecular weight is 511 g/mol. The molecular weight excluding hydrogens is 484 g/mol. The Labute approximate surface area is 221 Å². The van der Waals surface area contributed by atoms with Gasteiger partial charge in [-0.05, 0) is 36.4 Å². The van der Waals surface area contributed by atoms with Crippen LogP contribution in [0.1, 0.15) is 0 Å². The van der Waals surface area contributed by atoms with Crippen LogP contribution in [0.4, 0.5) is 11.4 Å². The molecule has 0 saturated carbocycles. The number of aromatic nitrogens is 2. The van der Waals surface area contributed by atoms with Crippen molar-refractivity contribution in [3.8, 4) is 11.5 Å². The molecule has 6 rings (SSSR count). The average Bonchev–Trinajstić information content (AvgIpc) is 2.93. The second-order valence-corrected chi connectivity index (χ2v) is 8.63. The van der Waals surface area contributed by atoms with Crippen LogP contribution >= 0.6 is 12.4 Å². The summed E-state index contributed by atoms with van der Waals surface area (Å²) in [5, 5.41) is 11.7. The molecule has 0 amide bonds. The van der Waals surface area contributed by atoms with Crippen molar-refractivity contribution in [1.82, 2.24) is 9.97 Å². The van der Waals surface area contributed by atoms with E-state index in [4.69, 9.17) is 19.4 Å². The summed E-state index contributed by atoms with van der Waals surface area (Å²) in [6, 6.07) is 28.5. The molecule has 0 radical (unpaired) electrons. The Balaban J connectivity index is 0.00000280. The molecule has 7 heteroatoms. The Morgan fingerprint density at radius 1 is 0.541 bits per heavy atom. The highest BCUT2D eigenvalue weighted by atomic mass is 35.5. The number of nitrogens with one attached hydrogen (secondary N) is 2. The van der Waals surface area contributed by atoms with E-state index >= 15 is 0 Å². The molecule has 2 N–H and O–H groups in total. The fraction of sp³-hybridized carbons (Fsp3) is 0.133. The Morgan fingerprint density at radius 2 is 0.946 bits per heavy atom. The van der Waals surface area contributed by atoms with Gasteiger partial charge in [-0.15, -0.1) is 12.4 Å². The highest BCUT2D eigenvalue weighted by Gasteiger charge is 2.12. The van der Waals surface area contributed by atoms with Crippen LogP contribution < -0.4 is 20.1 Å². The largest absolute Gasteiger partial charge is 0.497 e. The predicted molar refractivity (Wildman–Crippen MR) is 156 cm³/mol. The van der Waals surface area contributed by atoms with E-state index < -0.39 is 0 Å². The third kappa shape index (κ3) is 4.52. The summed E-state index contributed by atoms with van der Waals surface area (Å²) < 4.78 is 10.8. The molecule has 37 heavy (non-hydrogen) atoms. The number of anilines is 2. The first-order chi connectivity index (χ1) is 17.7. The molecule has 0 aliphatic heterocycles. The van der Waals surface area contributed by atoms with Gasteiger partial charge in [0.15, 0.2) is 0 Å². The van der Waals surface area contributed by atoms with E-state index in [9.17, 15) is 0 Å². The molecule has 2 heterocycles. The quantitative estimate of drug-likeness (QED) is 0.177. The van der Waals surface area contributed by atoms with Crippen molar-refractivity contribution in [3.63, 3.8) is 0 Å². The van der Waals surface area contributed by atoms with Crippen LogP contribution in [0.3, 0.4) is 0 Å². The van der Waals surface area contributed by atoms with Crippen molar-refractivity contribution in [2.75, 3.05) is 37.9 Å². The Kier molecular flexibility index (Phi) is 6.84. The van der Waals surface area contributed by atoms with Crippen molar-refractivity contribution in [2.45, 2.75) is 0 Å². The molecule has 4 aromatic carbocycles. The summed E-state index contributed by atoms with van der Waals surface area (Å²) in [5.41, 5.74) is 5.87. The summed E-state index contributed by atoms with van der Waals surface area (Å²) in [4.78, 5) is 9.70. The summed E-state index contributed by atoms with van der Waals surface area (Å²) in [5.74, 6) is 1.59. The van der Waals surface area contributed by atoms with Crippen LogP contribution in [0.5, 0.6) is 11.5 Å². The van der Waals surface area contributed by atoms with Crippen LogP contribution in [0, 0.1) is 0 Å². The molecule has 0 saturated heterocycles. The first kappa shape index (κ1) is 24.4. The smallest absolute Gasteiger partial charge is 0.121 e. The Bertz CT molecular complexity index is 1610. The molecule has 0 unspecified atom stereocenters. The molecule has 0 fully saturated rings. The van der Waals surface area contributed by atoms with Crippen LogP contribution in [0.15, 0.2) is 84.9 Å². The number of benzene rings is 4. The Hall–Kier alpha value is -4.29. The van der Waals surface area contributed by atoms with Gasteiger partial charge in [-0.25, -0.2) is 9.97 Å². The van der Waals surface area contributed by atoms with E-state index in [2.05, 4.69) is 34.9 Å². The number of nitrogens with zero attached hydrogens (tertiary/aromatic N) is 2. The first-order valence-corrected chi connectivity index (χ1v) is 12.0. The van der Waals surface area contributed by atoms with Crippen LogP contribution in [-0.4, -0.2) is 37.3 Å². The van der Waals surface area contributed by atoms with Gasteiger partial charge in [0.2, 0.25) is 0 Å². The van der Waals surface area contributed by atoms with Gasteiger partial charge in [0.1, 0.15) is 11.5 Å². The number of methoxy groups -OCH3 is 2.